The van der Waals surface area contributed by atoms with Gasteiger partial charge in [0.25, 0.3) is 0 Å². The third-order valence-electron chi connectivity index (χ3n) is 4.21. The van der Waals surface area contributed by atoms with Gasteiger partial charge in [0, 0.05) is 45.0 Å². The van der Waals surface area contributed by atoms with Crippen molar-refractivity contribution in [3.8, 4) is 0 Å². The van der Waals surface area contributed by atoms with E-state index in [9.17, 15) is 9.90 Å². The summed E-state index contributed by atoms with van der Waals surface area (Å²) in [4.78, 5) is 23.9. The Kier molecular flexibility index (Phi) is 4.42. The number of carboxylic acids is 1. The van der Waals surface area contributed by atoms with Crippen molar-refractivity contribution in [2.24, 2.45) is 0 Å². The van der Waals surface area contributed by atoms with E-state index < -0.39 is 5.97 Å². The summed E-state index contributed by atoms with van der Waals surface area (Å²) in [6, 6.07) is 0.545. The predicted molar refractivity (Wildman–Crippen MR) is 75.1 cm³/mol. The SMILES string of the molecule is O=C(O)c1cncnc1CN1CCC(N2CCOCC2)C1. The first-order chi connectivity index (χ1) is 10.2. The largest absolute Gasteiger partial charge is 0.478 e. The third kappa shape index (κ3) is 3.37. The summed E-state index contributed by atoms with van der Waals surface area (Å²) >= 11 is 0. The Morgan fingerprint density at radius 3 is 2.95 bits per heavy atom. The highest BCUT2D eigenvalue weighted by Crippen LogP contribution is 2.19. The molecule has 0 radical (unpaired) electrons. The number of hydrogen-bond donors (Lipinski definition) is 1. The lowest BCUT2D eigenvalue weighted by molar-refractivity contribution is 0.0183. The van der Waals surface area contributed by atoms with Crippen molar-refractivity contribution in [3.05, 3.63) is 23.8 Å². The van der Waals surface area contributed by atoms with Crippen LogP contribution in [0, 0.1) is 0 Å². The Hall–Kier alpha value is -1.57. The Bertz CT molecular complexity index is 505. The first-order valence-corrected chi connectivity index (χ1v) is 7.30. The van der Waals surface area contributed by atoms with Gasteiger partial charge >= 0.3 is 5.97 Å². The van der Waals surface area contributed by atoms with Gasteiger partial charge in [-0.05, 0) is 6.42 Å². The van der Waals surface area contributed by atoms with Crippen molar-refractivity contribution >= 4 is 5.97 Å². The summed E-state index contributed by atoms with van der Waals surface area (Å²) in [7, 11) is 0. The molecule has 2 aliphatic heterocycles. The van der Waals surface area contributed by atoms with E-state index >= 15 is 0 Å². The predicted octanol–water partition coefficient (Wildman–Crippen LogP) is 0.0813. The number of rotatable bonds is 4. The molecule has 0 bridgehead atoms. The molecule has 3 heterocycles. The monoisotopic (exact) mass is 292 g/mol. The molecule has 2 fully saturated rings. The number of hydrogen-bond acceptors (Lipinski definition) is 6. The highest BCUT2D eigenvalue weighted by molar-refractivity contribution is 5.88. The fourth-order valence-electron chi connectivity index (χ4n) is 3.07. The van der Waals surface area contributed by atoms with Crippen LogP contribution in [0.3, 0.4) is 0 Å². The van der Waals surface area contributed by atoms with Crippen LogP contribution >= 0.6 is 0 Å². The van der Waals surface area contributed by atoms with E-state index in [0.29, 0.717) is 18.3 Å². The molecule has 0 aromatic carbocycles. The fraction of sp³-hybridized carbons (Fsp3) is 0.643. The van der Waals surface area contributed by atoms with Crippen LogP contribution in [0.2, 0.25) is 0 Å². The van der Waals surface area contributed by atoms with E-state index in [1.807, 2.05) is 0 Å². The van der Waals surface area contributed by atoms with Crippen molar-refractivity contribution in [2.75, 3.05) is 39.4 Å². The van der Waals surface area contributed by atoms with Crippen LogP contribution in [-0.2, 0) is 11.3 Å². The number of carboxylic acid groups (broad SMARTS) is 1. The van der Waals surface area contributed by atoms with Crippen LogP contribution in [0.25, 0.3) is 0 Å². The molecule has 2 saturated heterocycles. The lowest BCUT2D eigenvalue weighted by Crippen LogP contribution is -2.44. The number of aromatic carboxylic acids is 1. The number of ether oxygens (including phenoxy) is 1. The van der Waals surface area contributed by atoms with Gasteiger partial charge in [-0.2, -0.15) is 0 Å². The molecule has 0 amide bonds. The van der Waals surface area contributed by atoms with Crippen LogP contribution in [0.1, 0.15) is 22.5 Å². The van der Waals surface area contributed by atoms with Gasteiger partial charge in [0.2, 0.25) is 0 Å². The second kappa shape index (κ2) is 6.46. The van der Waals surface area contributed by atoms with E-state index in [1.165, 1.54) is 12.5 Å². The molecule has 7 nitrogen and oxygen atoms in total. The summed E-state index contributed by atoms with van der Waals surface area (Å²) in [5, 5.41) is 9.17. The van der Waals surface area contributed by atoms with E-state index in [0.717, 1.165) is 45.8 Å². The first kappa shape index (κ1) is 14.4. The van der Waals surface area contributed by atoms with E-state index in [2.05, 4.69) is 19.8 Å². The van der Waals surface area contributed by atoms with Crippen molar-refractivity contribution < 1.29 is 14.6 Å². The molecule has 2 aliphatic rings. The minimum Gasteiger partial charge on any atom is -0.478 e. The fourth-order valence-corrected chi connectivity index (χ4v) is 3.07. The Labute approximate surface area is 123 Å². The number of morpholine rings is 1. The van der Waals surface area contributed by atoms with Crippen LogP contribution in [0.15, 0.2) is 12.5 Å². The molecule has 0 spiro atoms. The molecule has 114 valence electrons. The van der Waals surface area contributed by atoms with Crippen LogP contribution in [0.4, 0.5) is 0 Å². The van der Waals surface area contributed by atoms with E-state index in [-0.39, 0.29) is 5.56 Å². The van der Waals surface area contributed by atoms with Crippen molar-refractivity contribution in [2.45, 2.75) is 19.0 Å². The summed E-state index contributed by atoms with van der Waals surface area (Å²) in [6.07, 6.45) is 3.91. The lowest BCUT2D eigenvalue weighted by atomic mass is 10.2. The Morgan fingerprint density at radius 2 is 2.19 bits per heavy atom. The average molecular weight is 292 g/mol. The Morgan fingerprint density at radius 1 is 1.38 bits per heavy atom. The molecule has 0 saturated carbocycles. The molecule has 1 N–H and O–H groups in total. The number of aromatic nitrogens is 2. The maximum Gasteiger partial charge on any atom is 0.339 e. The molecule has 1 unspecified atom stereocenters. The summed E-state index contributed by atoms with van der Waals surface area (Å²) < 4.78 is 5.39. The van der Waals surface area contributed by atoms with Gasteiger partial charge in [0.05, 0.1) is 18.9 Å². The lowest BCUT2D eigenvalue weighted by Gasteiger charge is -2.32. The number of carbonyl (C=O) groups is 1. The van der Waals surface area contributed by atoms with Crippen LogP contribution in [0.5, 0.6) is 0 Å². The van der Waals surface area contributed by atoms with Crippen LogP contribution in [-0.4, -0.2) is 76.3 Å². The third-order valence-corrected chi connectivity index (χ3v) is 4.21. The Balaban J connectivity index is 1.61. The van der Waals surface area contributed by atoms with Crippen molar-refractivity contribution in [1.29, 1.82) is 0 Å². The summed E-state index contributed by atoms with van der Waals surface area (Å²) in [5.74, 6) is -0.963. The quantitative estimate of drug-likeness (QED) is 0.842. The van der Waals surface area contributed by atoms with Gasteiger partial charge in [-0.3, -0.25) is 9.80 Å². The zero-order valence-corrected chi connectivity index (χ0v) is 11.9. The van der Waals surface area contributed by atoms with Crippen molar-refractivity contribution in [1.82, 2.24) is 19.8 Å². The van der Waals surface area contributed by atoms with E-state index in [1.54, 1.807) is 0 Å². The minimum atomic E-state index is -0.963. The van der Waals surface area contributed by atoms with Gasteiger partial charge in [0.1, 0.15) is 11.9 Å². The van der Waals surface area contributed by atoms with Crippen molar-refractivity contribution in [3.63, 3.8) is 0 Å². The van der Waals surface area contributed by atoms with Gasteiger partial charge in [0.15, 0.2) is 0 Å². The van der Waals surface area contributed by atoms with Gasteiger partial charge in [-0.25, -0.2) is 14.8 Å². The maximum absolute atomic E-state index is 11.2. The zero-order valence-electron chi connectivity index (χ0n) is 11.9. The second-order valence-electron chi connectivity index (χ2n) is 5.51. The summed E-state index contributed by atoms with van der Waals surface area (Å²) in [5.41, 5.74) is 0.799. The topological polar surface area (TPSA) is 78.8 Å². The molecular weight excluding hydrogens is 272 g/mol. The van der Waals surface area contributed by atoms with Gasteiger partial charge in [-0.15, -0.1) is 0 Å². The van der Waals surface area contributed by atoms with Gasteiger partial charge in [-0.1, -0.05) is 0 Å². The zero-order chi connectivity index (χ0) is 14.7. The second-order valence-corrected chi connectivity index (χ2v) is 5.51. The maximum atomic E-state index is 11.2. The summed E-state index contributed by atoms with van der Waals surface area (Å²) in [6.45, 7) is 6.12. The molecule has 7 heteroatoms. The van der Waals surface area contributed by atoms with Crippen LogP contribution < -0.4 is 0 Å². The smallest absolute Gasteiger partial charge is 0.339 e. The minimum absolute atomic E-state index is 0.201. The molecule has 1 atom stereocenters. The average Bonchev–Trinajstić information content (AvgIpc) is 2.97. The number of nitrogens with zero attached hydrogens (tertiary/aromatic N) is 4. The first-order valence-electron chi connectivity index (χ1n) is 7.30. The molecule has 1 aromatic heterocycles. The molecule has 1 aromatic rings. The molecule has 21 heavy (non-hydrogen) atoms. The highest BCUT2D eigenvalue weighted by Gasteiger charge is 2.29. The normalized spacial score (nSPS) is 24.3. The number of likely N-dealkylation sites (tertiary alicyclic amines) is 1. The standard InChI is InChI=1S/C14H20N4O3/c19-14(20)12-7-15-10-16-13(12)9-17-2-1-11(8-17)18-3-5-21-6-4-18/h7,10-11H,1-6,8-9H2,(H,19,20). The highest BCUT2D eigenvalue weighted by atomic mass is 16.5. The van der Waals surface area contributed by atoms with E-state index in [4.69, 9.17) is 4.74 Å². The molecular formula is C14H20N4O3. The molecule has 0 aliphatic carbocycles. The molecule has 3 rings (SSSR count). The van der Waals surface area contributed by atoms with Gasteiger partial charge < -0.3 is 9.84 Å².